The van der Waals surface area contributed by atoms with Gasteiger partial charge in [-0.05, 0) is 37.2 Å². The van der Waals surface area contributed by atoms with Crippen LogP contribution in [-0.2, 0) is 0 Å². The standard InChI is InChI=1S/C16H18N4O/c1-11-8-12(21-3)4-5-13(11)16(17-2)14-9-19-20-7-6-18-10-15(14)20/h4-10,16-17H,1-3H3. The van der Waals surface area contributed by atoms with Crippen LogP contribution < -0.4 is 10.1 Å². The normalized spacial score (nSPS) is 12.5. The van der Waals surface area contributed by atoms with Gasteiger partial charge < -0.3 is 10.1 Å². The van der Waals surface area contributed by atoms with E-state index in [2.05, 4.69) is 28.4 Å². The number of aromatic nitrogens is 3. The van der Waals surface area contributed by atoms with E-state index in [-0.39, 0.29) is 6.04 Å². The number of methoxy groups -OCH3 is 1. The summed E-state index contributed by atoms with van der Waals surface area (Å²) < 4.78 is 7.12. The molecule has 0 aliphatic heterocycles. The number of hydrogen-bond donors (Lipinski definition) is 1. The third kappa shape index (κ3) is 2.36. The number of hydrogen-bond acceptors (Lipinski definition) is 4. The van der Waals surface area contributed by atoms with E-state index in [0.717, 1.165) is 16.8 Å². The summed E-state index contributed by atoms with van der Waals surface area (Å²) >= 11 is 0. The van der Waals surface area contributed by atoms with E-state index in [1.807, 2.05) is 42.3 Å². The first kappa shape index (κ1) is 13.6. The number of fused-ring (bicyclic) bond motifs is 1. The minimum atomic E-state index is 0.0672. The van der Waals surface area contributed by atoms with E-state index in [0.29, 0.717) is 0 Å². The highest BCUT2D eigenvalue weighted by Crippen LogP contribution is 2.29. The molecule has 0 aliphatic rings. The molecule has 5 heteroatoms. The molecule has 2 aromatic heterocycles. The van der Waals surface area contributed by atoms with Crippen molar-refractivity contribution in [1.29, 1.82) is 0 Å². The molecule has 3 rings (SSSR count). The summed E-state index contributed by atoms with van der Waals surface area (Å²) in [7, 11) is 3.63. The third-order valence-corrected chi connectivity index (χ3v) is 3.74. The highest BCUT2D eigenvalue weighted by atomic mass is 16.5. The van der Waals surface area contributed by atoms with Crippen LogP contribution in [0.1, 0.15) is 22.7 Å². The molecular weight excluding hydrogens is 264 g/mol. The molecule has 0 saturated heterocycles. The second kappa shape index (κ2) is 5.54. The van der Waals surface area contributed by atoms with Gasteiger partial charge in [0.1, 0.15) is 5.75 Å². The van der Waals surface area contributed by atoms with Gasteiger partial charge in [-0.3, -0.25) is 4.98 Å². The molecule has 0 radical (unpaired) electrons. The van der Waals surface area contributed by atoms with Gasteiger partial charge in [-0.1, -0.05) is 6.07 Å². The van der Waals surface area contributed by atoms with Crippen LogP contribution in [0.15, 0.2) is 43.0 Å². The summed E-state index contributed by atoms with van der Waals surface area (Å²) in [6, 6.07) is 6.19. The average Bonchev–Trinajstić information content (AvgIpc) is 2.94. The Hall–Kier alpha value is -2.40. The predicted molar refractivity (Wildman–Crippen MR) is 81.6 cm³/mol. The molecule has 21 heavy (non-hydrogen) atoms. The number of aryl methyl sites for hydroxylation is 1. The molecule has 1 unspecified atom stereocenters. The van der Waals surface area contributed by atoms with Crippen LogP contribution >= 0.6 is 0 Å². The molecular formula is C16H18N4O. The highest BCUT2D eigenvalue weighted by Gasteiger charge is 2.18. The van der Waals surface area contributed by atoms with Gasteiger partial charge in [0.15, 0.2) is 0 Å². The molecule has 1 N–H and O–H groups in total. The van der Waals surface area contributed by atoms with Gasteiger partial charge in [0.05, 0.1) is 31.1 Å². The second-order valence-electron chi connectivity index (χ2n) is 4.95. The van der Waals surface area contributed by atoms with Crippen molar-refractivity contribution in [3.63, 3.8) is 0 Å². The number of nitrogens with one attached hydrogen (secondary N) is 1. The Bertz CT molecular complexity index is 766. The van der Waals surface area contributed by atoms with Gasteiger partial charge in [-0.2, -0.15) is 5.10 Å². The number of ether oxygens (including phenoxy) is 1. The Morgan fingerprint density at radius 1 is 1.24 bits per heavy atom. The van der Waals surface area contributed by atoms with E-state index in [1.165, 1.54) is 11.1 Å². The molecule has 0 spiro atoms. The molecule has 0 fully saturated rings. The lowest BCUT2D eigenvalue weighted by Crippen LogP contribution is -2.18. The average molecular weight is 282 g/mol. The summed E-state index contributed by atoms with van der Waals surface area (Å²) in [5.41, 5.74) is 4.50. The van der Waals surface area contributed by atoms with Crippen LogP contribution in [0.4, 0.5) is 0 Å². The fourth-order valence-corrected chi connectivity index (χ4v) is 2.65. The topological polar surface area (TPSA) is 51.5 Å². The molecule has 0 amide bonds. The molecule has 0 saturated carbocycles. The second-order valence-corrected chi connectivity index (χ2v) is 4.95. The molecule has 1 aromatic carbocycles. The fraction of sp³-hybridized carbons (Fsp3) is 0.250. The SMILES string of the molecule is CNC(c1ccc(OC)cc1C)c1cnn2ccncc12. The summed E-state index contributed by atoms with van der Waals surface area (Å²) in [4.78, 5) is 4.20. The van der Waals surface area contributed by atoms with Crippen LogP contribution in [0, 0.1) is 6.92 Å². The van der Waals surface area contributed by atoms with Crippen LogP contribution in [0.25, 0.3) is 5.52 Å². The smallest absolute Gasteiger partial charge is 0.119 e. The van der Waals surface area contributed by atoms with Crippen LogP contribution in [0.2, 0.25) is 0 Å². The van der Waals surface area contributed by atoms with Crippen molar-refractivity contribution in [3.05, 3.63) is 59.7 Å². The lowest BCUT2D eigenvalue weighted by atomic mass is 9.96. The van der Waals surface area contributed by atoms with E-state index in [1.54, 1.807) is 13.3 Å². The maximum Gasteiger partial charge on any atom is 0.119 e. The summed E-state index contributed by atoms with van der Waals surface area (Å²) in [6.45, 7) is 2.09. The van der Waals surface area contributed by atoms with Crippen molar-refractivity contribution in [2.75, 3.05) is 14.2 Å². The van der Waals surface area contributed by atoms with Gasteiger partial charge in [0.25, 0.3) is 0 Å². The fourth-order valence-electron chi connectivity index (χ4n) is 2.65. The van der Waals surface area contributed by atoms with Crippen molar-refractivity contribution in [2.45, 2.75) is 13.0 Å². The molecule has 2 heterocycles. The summed E-state index contributed by atoms with van der Waals surface area (Å²) in [6.07, 6.45) is 7.32. The Kier molecular flexibility index (Phi) is 3.58. The predicted octanol–water partition coefficient (Wildman–Crippen LogP) is 2.36. The Morgan fingerprint density at radius 3 is 2.81 bits per heavy atom. The Labute approximate surface area is 123 Å². The molecule has 5 nitrogen and oxygen atoms in total. The number of rotatable bonds is 4. The molecule has 108 valence electrons. The van der Waals surface area contributed by atoms with E-state index < -0.39 is 0 Å². The highest BCUT2D eigenvalue weighted by molar-refractivity contribution is 5.56. The quantitative estimate of drug-likeness (QED) is 0.798. The minimum Gasteiger partial charge on any atom is -0.497 e. The monoisotopic (exact) mass is 282 g/mol. The lowest BCUT2D eigenvalue weighted by molar-refractivity contribution is 0.414. The largest absolute Gasteiger partial charge is 0.497 e. The molecule has 0 bridgehead atoms. The van der Waals surface area contributed by atoms with Crippen molar-refractivity contribution in [3.8, 4) is 5.75 Å². The van der Waals surface area contributed by atoms with Crippen LogP contribution in [0.3, 0.4) is 0 Å². The maximum atomic E-state index is 5.28. The zero-order valence-corrected chi connectivity index (χ0v) is 12.4. The van der Waals surface area contributed by atoms with E-state index >= 15 is 0 Å². The summed E-state index contributed by atoms with van der Waals surface area (Å²) in [5.74, 6) is 0.868. The van der Waals surface area contributed by atoms with Crippen molar-refractivity contribution in [1.82, 2.24) is 19.9 Å². The van der Waals surface area contributed by atoms with Crippen molar-refractivity contribution < 1.29 is 4.74 Å². The lowest BCUT2D eigenvalue weighted by Gasteiger charge is -2.18. The van der Waals surface area contributed by atoms with Crippen molar-refractivity contribution in [2.24, 2.45) is 0 Å². The van der Waals surface area contributed by atoms with Crippen LogP contribution in [0.5, 0.6) is 5.75 Å². The van der Waals surface area contributed by atoms with Gasteiger partial charge in [0, 0.05) is 18.0 Å². The molecule has 1 atom stereocenters. The zero-order chi connectivity index (χ0) is 14.8. The number of nitrogens with zero attached hydrogens (tertiary/aromatic N) is 3. The first-order chi connectivity index (χ1) is 10.2. The first-order valence-corrected chi connectivity index (χ1v) is 6.83. The Balaban J connectivity index is 2.10. The third-order valence-electron chi connectivity index (χ3n) is 3.74. The van der Waals surface area contributed by atoms with E-state index in [9.17, 15) is 0 Å². The zero-order valence-electron chi connectivity index (χ0n) is 12.4. The van der Waals surface area contributed by atoms with E-state index in [4.69, 9.17) is 4.74 Å². The first-order valence-electron chi connectivity index (χ1n) is 6.83. The van der Waals surface area contributed by atoms with Gasteiger partial charge in [0.2, 0.25) is 0 Å². The number of benzene rings is 1. The van der Waals surface area contributed by atoms with Gasteiger partial charge in [-0.15, -0.1) is 0 Å². The summed E-state index contributed by atoms with van der Waals surface area (Å²) in [5, 5.41) is 7.76. The molecule has 0 aliphatic carbocycles. The van der Waals surface area contributed by atoms with Gasteiger partial charge in [-0.25, -0.2) is 4.52 Å². The Morgan fingerprint density at radius 2 is 2.10 bits per heavy atom. The van der Waals surface area contributed by atoms with Crippen molar-refractivity contribution >= 4 is 5.52 Å². The molecule has 3 aromatic rings. The van der Waals surface area contributed by atoms with Crippen LogP contribution in [-0.4, -0.2) is 28.8 Å². The maximum absolute atomic E-state index is 5.28. The minimum absolute atomic E-state index is 0.0672. The van der Waals surface area contributed by atoms with Gasteiger partial charge >= 0.3 is 0 Å².